The van der Waals surface area contributed by atoms with Crippen molar-refractivity contribution < 1.29 is 9.53 Å². The van der Waals surface area contributed by atoms with Gasteiger partial charge in [-0.15, -0.1) is 0 Å². The Morgan fingerprint density at radius 1 is 1.42 bits per heavy atom. The second kappa shape index (κ2) is 5.74. The summed E-state index contributed by atoms with van der Waals surface area (Å²) in [6, 6.07) is 5.86. The van der Waals surface area contributed by atoms with Crippen LogP contribution in [0, 0.1) is 6.92 Å². The molecule has 1 fully saturated rings. The SMILES string of the molecule is Cc1cc(C(=O)OC2CCN(C)C2)ccc1C(C)C. The summed E-state index contributed by atoms with van der Waals surface area (Å²) in [6.07, 6.45) is 0.980. The summed E-state index contributed by atoms with van der Waals surface area (Å²) in [5, 5.41) is 0. The molecule has 0 saturated carbocycles. The van der Waals surface area contributed by atoms with Gasteiger partial charge in [-0.1, -0.05) is 19.9 Å². The molecule has 0 aliphatic carbocycles. The number of hydrogen-bond donors (Lipinski definition) is 0. The molecule has 1 aromatic carbocycles. The molecule has 0 radical (unpaired) electrons. The van der Waals surface area contributed by atoms with Crippen LogP contribution in [0.1, 0.15) is 47.7 Å². The van der Waals surface area contributed by atoms with E-state index >= 15 is 0 Å². The zero-order chi connectivity index (χ0) is 14.0. The van der Waals surface area contributed by atoms with Crippen LogP contribution in [0.5, 0.6) is 0 Å². The molecule has 1 atom stereocenters. The van der Waals surface area contributed by atoms with E-state index in [2.05, 4.69) is 32.7 Å². The fraction of sp³-hybridized carbons (Fsp3) is 0.562. The van der Waals surface area contributed by atoms with Crippen LogP contribution in [-0.4, -0.2) is 37.1 Å². The predicted octanol–water partition coefficient (Wildman–Crippen LogP) is 2.98. The van der Waals surface area contributed by atoms with Crippen molar-refractivity contribution in [2.75, 3.05) is 20.1 Å². The summed E-state index contributed by atoms with van der Waals surface area (Å²) in [5.41, 5.74) is 3.11. The van der Waals surface area contributed by atoms with Crippen LogP contribution in [0.3, 0.4) is 0 Å². The van der Waals surface area contributed by atoms with Crippen molar-refractivity contribution in [2.24, 2.45) is 0 Å². The molecule has 1 unspecified atom stereocenters. The van der Waals surface area contributed by atoms with E-state index in [0.717, 1.165) is 25.1 Å². The van der Waals surface area contributed by atoms with Crippen molar-refractivity contribution in [1.29, 1.82) is 0 Å². The quantitative estimate of drug-likeness (QED) is 0.783. The molecule has 1 aliphatic heterocycles. The van der Waals surface area contributed by atoms with E-state index in [0.29, 0.717) is 11.5 Å². The maximum atomic E-state index is 12.1. The van der Waals surface area contributed by atoms with Crippen molar-refractivity contribution in [2.45, 2.75) is 39.2 Å². The van der Waals surface area contributed by atoms with Crippen LogP contribution in [0.25, 0.3) is 0 Å². The van der Waals surface area contributed by atoms with Crippen LogP contribution in [-0.2, 0) is 4.74 Å². The van der Waals surface area contributed by atoms with Gasteiger partial charge in [0.1, 0.15) is 6.10 Å². The maximum Gasteiger partial charge on any atom is 0.338 e. The molecule has 3 heteroatoms. The Balaban J connectivity index is 2.05. The van der Waals surface area contributed by atoms with Gasteiger partial charge >= 0.3 is 5.97 Å². The van der Waals surface area contributed by atoms with E-state index in [-0.39, 0.29) is 12.1 Å². The minimum absolute atomic E-state index is 0.0441. The van der Waals surface area contributed by atoms with E-state index in [1.54, 1.807) is 0 Å². The molecule has 0 N–H and O–H groups in total. The topological polar surface area (TPSA) is 29.5 Å². The summed E-state index contributed by atoms with van der Waals surface area (Å²) in [4.78, 5) is 14.3. The van der Waals surface area contributed by atoms with Gasteiger partial charge in [0, 0.05) is 13.1 Å². The molecule has 1 aromatic rings. The summed E-state index contributed by atoms with van der Waals surface area (Å²) in [6.45, 7) is 8.22. The van der Waals surface area contributed by atoms with Gasteiger partial charge in [-0.05, 0) is 49.6 Å². The molecule has 0 spiro atoms. The first-order valence-corrected chi connectivity index (χ1v) is 6.97. The number of aryl methyl sites for hydroxylation is 1. The molecule has 1 aliphatic rings. The van der Waals surface area contributed by atoms with Gasteiger partial charge in [-0.3, -0.25) is 0 Å². The number of likely N-dealkylation sites (N-methyl/N-ethyl adjacent to an activating group) is 1. The Kier molecular flexibility index (Phi) is 4.25. The highest BCUT2D eigenvalue weighted by Crippen LogP contribution is 2.21. The minimum atomic E-state index is -0.196. The summed E-state index contributed by atoms with van der Waals surface area (Å²) in [5.74, 6) is 0.284. The van der Waals surface area contributed by atoms with E-state index in [9.17, 15) is 4.79 Å². The lowest BCUT2D eigenvalue weighted by atomic mass is 9.96. The molecule has 19 heavy (non-hydrogen) atoms. The number of likely N-dealkylation sites (tertiary alicyclic amines) is 1. The number of carbonyl (C=O) groups is 1. The van der Waals surface area contributed by atoms with Crippen molar-refractivity contribution in [3.8, 4) is 0 Å². The van der Waals surface area contributed by atoms with Gasteiger partial charge in [-0.25, -0.2) is 4.79 Å². The average molecular weight is 261 g/mol. The van der Waals surface area contributed by atoms with Crippen molar-refractivity contribution in [3.63, 3.8) is 0 Å². The van der Waals surface area contributed by atoms with Gasteiger partial charge in [-0.2, -0.15) is 0 Å². The highest BCUT2D eigenvalue weighted by atomic mass is 16.5. The number of benzene rings is 1. The number of hydrogen-bond acceptors (Lipinski definition) is 3. The zero-order valence-corrected chi connectivity index (χ0v) is 12.3. The van der Waals surface area contributed by atoms with E-state index in [1.165, 1.54) is 5.56 Å². The fourth-order valence-corrected chi connectivity index (χ4v) is 2.66. The lowest BCUT2D eigenvalue weighted by molar-refractivity contribution is 0.0327. The third kappa shape index (κ3) is 3.35. The van der Waals surface area contributed by atoms with Crippen molar-refractivity contribution >= 4 is 5.97 Å². The van der Waals surface area contributed by atoms with Crippen LogP contribution < -0.4 is 0 Å². The summed E-state index contributed by atoms with van der Waals surface area (Å²) in [7, 11) is 2.05. The summed E-state index contributed by atoms with van der Waals surface area (Å²) >= 11 is 0. The van der Waals surface area contributed by atoms with E-state index < -0.39 is 0 Å². The first kappa shape index (κ1) is 14.1. The van der Waals surface area contributed by atoms with Crippen LogP contribution in [0.2, 0.25) is 0 Å². The first-order valence-electron chi connectivity index (χ1n) is 6.97. The Hall–Kier alpha value is -1.35. The number of nitrogens with zero attached hydrogens (tertiary/aromatic N) is 1. The summed E-state index contributed by atoms with van der Waals surface area (Å²) < 4.78 is 5.54. The lowest BCUT2D eigenvalue weighted by Gasteiger charge is -2.14. The number of ether oxygens (including phenoxy) is 1. The van der Waals surface area contributed by atoms with Gasteiger partial charge in [0.05, 0.1) is 5.56 Å². The van der Waals surface area contributed by atoms with Crippen molar-refractivity contribution in [3.05, 3.63) is 34.9 Å². The molecule has 0 bridgehead atoms. The van der Waals surface area contributed by atoms with Crippen LogP contribution in [0.15, 0.2) is 18.2 Å². The zero-order valence-electron chi connectivity index (χ0n) is 12.3. The van der Waals surface area contributed by atoms with Gasteiger partial charge in [0.15, 0.2) is 0 Å². The minimum Gasteiger partial charge on any atom is -0.457 e. The van der Waals surface area contributed by atoms with E-state index in [4.69, 9.17) is 4.74 Å². The Morgan fingerprint density at radius 3 is 2.68 bits per heavy atom. The third-order valence-corrected chi connectivity index (χ3v) is 3.75. The molecule has 0 aromatic heterocycles. The monoisotopic (exact) mass is 261 g/mol. The normalized spacial score (nSPS) is 19.9. The molecular formula is C16H23NO2. The second-order valence-electron chi connectivity index (χ2n) is 5.80. The molecule has 3 nitrogen and oxygen atoms in total. The average Bonchev–Trinajstić information content (AvgIpc) is 2.74. The molecule has 0 amide bonds. The second-order valence-corrected chi connectivity index (χ2v) is 5.80. The highest BCUT2D eigenvalue weighted by molar-refractivity contribution is 5.89. The molecular weight excluding hydrogens is 238 g/mol. The molecule has 1 saturated heterocycles. The predicted molar refractivity (Wildman–Crippen MR) is 76.6 cm³/mol. The lowest BCUT2D eigenvalue weighted by Crippen LogP contribution is -2.22. The number of carbonyl (C=O) groups excluding carboxylic acids is 1. The van der Waals surface area contributed by atoms with Gasteiger partial charge in [0.2, 0.25) is 0 Å². The maximum absolute atomic E-state index is 12.1. The largest absolute Gasteiger partial charge is 0.457 e. The van der Waals surface area contributed by atoms with E-state index in [1.807, 2.05) is 18.2 Å². The first-order chi connectivity index (χ1) is 8.97. The fourth-order valence-electron chi connectivity index (χ4n) is 2.66. The third-order valence-electron chi connectivity index (χ3n) is 3.75. The van der Waals surface area contributed by atoms with Gasteiger partial charge < -0.3 is 9.64 Å². The standard InChI is InChI=1S/C16H23NO2/c1-11(2)15-6-5-13(9-12(15)3)16(18)19-14-7-8-17(4)10-14/h5-6,9,11,14H,7-8,10H2,1-4H3. The van der Waals surface area contributed by atoms with Crippen LogP contribution >= 0.6 is 0 Å². The smallest absolute Gasteiger partial charge is 0.338 e. The van der Waals surface area contributed by atoms with Crippen molar-refractivity contribution in [1.82, 2.24) is 4.90 Å². The van der Waals surface area contributed by atoms with Gasteiger partial charge in [0.25, 0.3) is 0 Å². The number of rotatable bonds is 3. The highest BCUT2D eigenvalue weighted by Gasteiger charge is 2.23. The molecule has 1 heterocycles. The number of esters is 1. The molecule has 104 valence electrons. The Labute approximate surface area is 115 Å². The Morgan fingerprint density at radius 2 is 2.16 bits per heavy atom. The Bertz CT molecular complexity index is 468. The van der Waals surface area contributed by atoms with Crippen LogP contribution in [0.4, 0.5) is 0 Å². The molecule has 2 rings (SSSR count).